The van der Waals surface area contributed by atoms with Gasteiger partial charge in [0.15, 0.2) is 5.65 Å². The molecule has 2 N–H and O–H groups in total. The van der Waals surface area contributed by atoms with Crippen LogP contribution in [0.1, 0.15) is 29.8 Å². The number of hydrogen-bond acceptors (Lipinski definition) is 3. The smallest absolute Gasteiger partial charge is 0.202 e. The maximum absolute atomic E-state index is 6.22. The van der Waals surface area contributed by atoms with Crippen molar-refractivity contribution in [3.63, 3.8) is 0 Å². The highest BCUT2D eigenvalue weighted by Gasteiger charge is 2.28. The van der Waals surface area contributed by atoms with Gasteiger partial charge in [-0.3, -0.25) is 9.25 Å². The molecule has 1 aliphatic rings. The minimum absolute atomic E-state index is 0.340. The minimum atomic E-state index is 0.340. The van der Waals surface area contributed by atoms with Crippen molar-refractivity contribution in [3.05, 3.63) is 41.1 Å². The van der Waals surface area contributed by atoms with Crippen molar-refractivity contribution >= 4 is 17.1 Å². The van der Waals surface area contributed by atoms with Gasteiger partial charge < -0.3 is 5.73 Å². The Kier molecular flexibility index (Phi) is 2.58. The summed E-state index contributed by atoms with van der Waals surface area (Å²) >= 11 is 0. The molecular weight excluding hydrogens is 262 g/mol. The molecule has 2 heterocycles. The molecule has 0 amide bonds. The van der Waals surface area contributed by atoms with Crippen molar-refractivity contribution in [2.75, 3.05) is 5.73 Å². The van der Waals surface area contributed by atoms with Gasteiger partial charge in [0.1, 0.15) is 5.52 Å². The molecule has 0 spiro atoms. The van der Waals surface area contributed by atoms with Gasteiger partial charge in [-0.25, -0.2) is 4.98 Å². The van der Waals surface area contributed by atoms with Crippen LogP contribution in [-0.2, 0) is 26.3 Å². The zero-order valence-electron chi connectivity index (χ0n) is 12.4. The van der Waals surface area contributed by atoms with Crippen LogP contribution in [0.25, 0.3) is 11.2 Å². The molecule has 0 radical (unpaired) electrons. The maximum atomic E-state index is 6.22. The summed E-state index contributed by atoms with van der Waals surface area (Å²) in [5.74, 6) is 0.602. The first kappa shape index (κ1) is 12.4. The molecule has 0 saturated heterocycles. The Bertz CT molecular complexity index is 802. The summed E-state index contributed by atoms with van der Waals surface area (Å²) in [6.07, 6.45) is 2.90. The minimum Gasteiger partial charge on any atom is -0.369 e. The van der Waals surface area contributed by atoms with Crippen molar-refractivity contribution in [3.8, 4) is 0 Å². The highest BCUT2D eigenvalue weighted by Crippen LogP contribution is 2.34. The van der Waals surface area contributed by atoms with Crippen molar-refractivity contribution in [2.45, 2.75) is 32.2 Å². The third-order valence-corrected chi connectivity index (χ3v) is 4.49. The lowest BCUT2D eigenvalue weighted by Crippen LogP contribution is -2.14. The van der Waals surface area contributed by atoms with Crippen LogP contribution in [0.4, 0.5) is 5.95 Å². The summed E-state index contributed by atoms with van der Waals surface area (Å²) in [5, 5.41) is 4.57. The number of benzene rings is 1. The molecule has 3 aromatic rings. The highest BCUT2D eigenvalue weighted by atomic mass is 15.4. The van der Waals surface area contributed by atoms with E-state index in [-0.39, 0.29) is 0 Å². The van der Waals surface area contributed by atoms with Crippen LogP contribution in [0.5, 0.6) is 0 Å². The quantitative estimate of drug-likeness (QED) is 0.783. The molecule has 0 atom stereocenters. The zero-order valence-corrected chi connectivity index (χ0v) is 12.4. The van der Waals surface area contributed by atoms with Gasteiger partial charge in [0.25, 0.3) is 0 Å². The number of hydrogen-bond donors (Lipinski definition) is 1. The predicted molar refractivity (Wildman–Crippen MR) is 83.2 cm³/mol. The van der Waals surface area contributed by atoms with Gasteiger partial charge in [0, 0.05) is 13.1 Å². The van der Waals surface area contributed by atoms with E-state index in [1.165, 1.54) is 11.1 Å². The fourth-order valence-electron chi connectivity index (χ4n) is 3.54. The van der Waals surface area contributed by atoms with Crippen molar-refractivity contribution < 1.29 is 0 Å². The first-order valence-corrected chi connectivity index (χ1v) is 7.45. The lowest BCUT2D eigenvalue weighted by molar-refractivity contribution is 0.537. The summed E-state index contributed by atoms with van der Waals surface area (Å²) in [5.41, 5.74) is 12.1. The molecule has 0 saturated carbocycles. The van der Waals surface area contributed by atoms with E-state index < -0.39 is 0 Å². The van der Waals surface area contributed by atoms with Gasteiger partial charge in [-0.15, -0.1) is 0 Å². The predicted octanol–water partition coefficient (Wildman–Crippen LogP) is 2.25. The van der Waals surface area contributed by atoms with E-state index in [0.717, 1.165) is 36.1 Å². The number of imidazole rings is 1. The standard InChI is InChI=1S/C16H19N5/c1-3-13-14-15(20(2)19-13)21(16(17)18-14)12-8-10-6-4-5-7-11(10)9-12/h4-7,12H,3,8-9H2,1-2H3,(H2,17,18). The molecule has 21 heavy (non-hydrogen) atoms. The van der Waals surface area contributed by atoms with Gasteiger partial charge in [0.2, 0.25) is 5.95 Å². The summed E-state index contributed by atoms with van der Waals surface area (Å²) in [6.45, 7) is 2.10. The molecule has 0 bridgehead atoms. The number of anilines is 1. The second kappa shape index (κ2) is 4.35. The first-order valence-electron chi connectivity index (χ1n) is 7.45. The van der Waals surface area contributed by atoms with Crippen LogP contribution in [0.2, 0.25) is 0 Å². The van der Waals surface area contributed by atoms with E-state index in [4.69, 9.17) is 5.73 Å². The average molecular weight is 281 g/mol. The lowest BCUT2D eigenvalue weighted by atomic mass is 10.1. The van der Waals surface area contributed by atoms with Crippen molar-refractivity contribution in [1.29, 1.82) is 0 Å². The van der Waals surface area contributed by atoms with Crippen LogP contribution in [-0.4, -0.2) is 19.3 Å². The molecule has 1 aliphatic carbocycles. The van der Waals surface area contributed by atoms with Gasteiger partial charge in [0.05, 0.1) is 5.69 Å². The lowest BCUT2D eigenvalue weighted by Gasteiger charge is -2.14. The topological polar surface area (TPSA) is 61.7 Å². The summed E-state index contributed by atoms with van der Waals surface area (Å²) in [6, 6.07) is 8.97. The van der Waals surface area contributed by atoms with E-state index in [9.17, 15) is 0 Å². The van der Waals surface area contributed by atoms with Crippen LogP contribution < -0.4 is 5.73 Å². The van der Waals surface area contributed by atoms with Crippen LogP contribution in [0, 0.1) is 0 Å². The van der Waals surface area contributed by atoms with Crippen LogP contribution in [0.15, 0.2) is 24.3 Å². The summed E-state index contributed by atoms with van der Waals surface area (Å²) in [7, 11) is 1.97. The summed E-state index contributed by atoms with van der Waals surface area (Å²) < 4.78 is 4.09. The Labute approximate surface area is 123 Å². The zero-order chi connectivity index (χ0) is 14.6. The van der Waals surface area contributed by atoms with Gasteiger partial charge in [-0.05, 0) is 30.4 Å². The van der Waals surface area contributed by atoms with Crippen LogP contribution in [0.3, 0.4) is 0 Å². The summed E-state index contributed by atoms with van der Waals surface area (Å²) in [4.78, 5) is 4.57. The number of fused-ring (bicyclic) bond motifs is 2. The molecule has 5 heteroatoms. The number of nitrogens with two attached hydrogens (primary N) is 1. The van der Waals surface area contributed by atoms with E-state index in [0.29, 0.717) is 12.0 Å². The van der Waals surface area contributed by atoms with E-state index in [1.54, 1.807) is 0 Å². The molecule has 5 nitrogen and oxygen atoms in total. The van der Waals surface area contributed by atoms with Crippen molar-refractivity contribution in [1.82, 2.24) is 19.3 Å². The second-order valence-electron chi connectivity index (χ2n) is 5.77. The third-order valence-electron chi connectivity index (χ3n) is 4.49. The van der Waals surface area contributed by atoms with Crippen molar-refractivity contribution in [2.24, 2.45) is 7.05 Å². The fourth-order valence-corrected chi connectivity index (χ4v) is 3.54. The Morgan fingerprint density at radius 2 is 1.90 bits per heavy atom. The SMILES string of the molecule is CCc1nn(C)c2c1nc(N)n2C1Cc2ccccc2C1. The number of nitrogen functional groups attached to an aromatic ring is 1. The monoisotopic (exact) mass is 281 g/mol. The van der Waals surface area contributed by atoms with E-state index >= 15 is 0 Å². The molecule has 4 rings (SSSR count). The normalized spacial score (nSPS) is 15.0. The molecular formula is C16H19N5. The van der Waals surface area contributed by atoms with Gasteiger partial charge in [-0.1, -0.05) is 31.2 Å². The molecule has 108 valence electrons. The van der Waals surface area contributed by atoms with E-state index in [2.05, 4.69) is 45.8 Å². The maximum Gasteiger partial charge on any atom is 0.202 e. The Morgan fingerprint density at radius 1 is 1.24 bits per heavy atom. The number of rotatable bonds is 2. The molecule has 0 unspecified atom stereocenters. The molecule has 2 aromatic heterocycles. The Morgan fingerprint density at radius 3 is 2.52 bits per heavy atom. The van der Waals surface area contributed by atoms with Crippen LogP contribution >= 0.6 is 0 Å². The molecule has 0 aliphatic heterocycles. The number of nitrogens with zero attached hydrogens (tertiary/aromatic N) is 4. The largest absolute Gasteiger partial charge is 0.369 e. The highest BCUT2D eigenvalue weighted by molar-refractivity contribution is 5.78. The van der Waals surface area contributed by atoms with Gasteiger partial charge >= 0.3 is 0 Å². The number of aromatic nitrogens is 4. The Balaban J connectivity index is 1.85. The molecule has 1 aromatic carbocycles. The third kappa shape index (κ3) is 1.70. The second-order valence-corrected chi connectivity index (χ2v) is 5.77. The average Bonchev–Trinajstić information content (AvgIpc) is 3.11. The molecule has 0 fully saturated rings. The number of aryl methyl sites for hydroxylation is 2. The van der Waals surface area contributed by atoms with E-state index in [1.807, 2.05) is 11.7 Å². The Hall–Kier alpha value is -2.30. The first-order chi connectivity index (χ1) is 10.2. The van der Waals surface area contributed by atoms with Gasteiger partial charge in [-0.2, -0.15) is 5.10 Å². The fraction of sp³-hybridized carbons (Fsp3) is 0.375.